The summed E-state index contributed by atoms with van der Waals surface area (Å²) >= 11 is 0. The third kappa shape index (κ3) is 10.1. The molecule has 4 aliphatic rings. The lowest BCUT2D eigenvalue weighted by atomic mass is 9.83. The standard InChI is InChI=1S/C32H54N6O7S/c1-5-6-11-23(25(39)28(41)33-21-13-14-21)34-27(40)24-12-10-19-38(24)29(42)26(31(2,3)4)35-30(43)36-32(17-8-7-9-18-32)20-46(44,45)37-22-15-16-22/h21-24,26,37H,5-20H2,1-4H3,(H,33,41)(H,34,40)(H2,35,36,43)/t23?,24-,26+/m0/s1. The van der Waals surface area contributed by atoms with Gasteiger partial charge in [-0.15, -0.1) is 0 Å². The molecular formula is C32H54N6O7S. The van der Waals surface area contributed by atoms with Crippen molar-refractivity contribution in [2.45, 2.75) is 153 Å². The van der Waals surface area contributed by atoms with Gasteiger partial charge in [0, 0.05) is 18.6 Å². The molecule has 0 radical (unpaired) electrons. The fourth-order valence-corrected chi connectivity index (χ4v) is 8.42. The smallest absolute Gasteiger partial charge is 0.315 e. The fourth-order valence-electron chi connectivity index (χ4n) is 6.51. The van der Waals surface area contributed by atoms with Gasteiger partial charge < -0.3 is 26.2 Å². The molecule has 46 heavy (non-hydrogen) atoms. The molecule has 3 saturated carbocycles. The van der Waals surface area contributed by atoms with E-state index in [1.165, 1.54) is 4.90 Å². The summed E-state index contributed by atoms with van der Waals surface area (Å²) in [6.45, 7) is 7.72. The van der Waals surface area contributed by atoms with E-state index >= 15 is 0 Å². The van der Waals surface area contributed by atoms with Gasteiger partial charge in [0.05, 0.1) is 17.3 Å². The maximum atomic E-state index is 14.1. The zero-order valence-electron chi connectivity index (χ0n) is 27.9. The summed E-state index contributed by atoms with van der Waals surface area (Å²) < 4.78 is 28.6. The maximum absolute atomic E-state index is 14.1. The van der Waals surface area contributed by atoms with Gasteiger partial charge in [0.1, 0.15) is 12.1 Å². The highest BCUT2D eigenvalue weighted by molar-refractivity contribution is 7.89. The number of Topliss-reactive ketones (excluding diaryl/α,β-unsaturated/α-hetero) is 1. The Morgan fingerprint density at radius 2 is 1.54 bits per heavy atom. The van der Waals surface area contributed by atoms with E-state index in [2.05, 4.69) is 26.0 Å². The van der Waals surface area contributed by atoms with Crippen molar-refractivity contribution in [2.24, 2.45) is 5.41 Å². The first-order valence-corrected chi connectivity index (χ1v) is 18.8. The highest BCUT2D eigenvalue weighted by Crippen LogP contribution is 2.31. The Labute approximate surface area is 273 Å². The van der Waals surface area contributed by atoms with Crippen molar-refractivity contribution >= 4 is 39.6 Å². The van der Waals surface area contributed by atoms with Gasteiger partial charge in [-0.3, -0.25) is 19.2 Å². The van der Waals surface area contributed by atoms with Crippen LogP contribution < -0.4 is 26.0 Å². The van der Waals surface area contributed by atoms with Crippen molar-refractivity contribution in [1.82, 2.24) is 30.9 Å². The van der Waals surface area contributed by atoms with E-state index in [1.807, 2.05) is 27.7 Å². The number of hydrogen-bond donors (Lipinski definition) is 5. The van der Waals surface area contributed by atoms with Crippen LogP contribution in [0.25, 0.3) is 0 Å². The molecule has 1 saturated heterocycles. The van der Waals surface area contributed by atoms with E-state index in [-0.39, 0.29) is 17.8 Å². The molecule has 3 atom stereocenters. The molecule has 1 aliphatic heterocycles. The molecule has 1 heterocycles. The molecule has 0 aromatic rings. The first-order chi connectivity index (χ1) is 21.6. The Hall–Kier alpha value is -2.74. The number of urea groups is 1. The highest BCUT2D eigenvalue weighted by Gasteiger charge is 2.45. The Morgan fingerprint density at radius 1 is 0.891 bits per heavy atom. The molecule has 5 amide bonds. The minimum atomic E-state index is -3.62. The molecule has 4 rings (SSSR count). The molecular weight excluding hydrogens is 612 g/mol. The van der Waals surface area contributed by atoms with Crippen LogP contribution in [0.1, 0.15) is 118 Å². The molecule has 13 nitrogen and oxygen atoms in total. The summed E-state index contributed by atoms with van der Waals surface area (Å²) in [6.07, 6.45) is 9.57. The Kier molecular flexibility index (Phi) is 11.8. The third-order valence-electron chi connectivity index (χ3n) is 9.42. The van der Waals surface area contributed by atoms with E-state index in [1.54, 1.807) is 0 Å². The Balaban J connectivity index is 1.44. The summed E-state index contributed by atoms with van der Waals surface area (Å²) in [6, 6.07) is -3.49. The molecule has 5 N–H and O–H groups in total. The number of carbonyl (C=O) groups is 5. The quantitative estimate of drug-likeness (QED) is 0.166. The molecule has 4 fully saturated rings. The van der Waals surface area contributed by atoms with Crippen molar-refractivity contribution in [2.75, 3.05) is 12.3 Å². The fraction of sp³-hybridized carbons (Fsp3) is 0.844. The lowest BCUT2D eigenvalue weighted by Crippen LogP contribution is -2.63. The number of nitrogens with zero attached hydrogens (tertiary/aromatic N) is 1. The first-order valence-electron chi connectivity index (χ1n) is 17.2. The molecule has 3 aliphatic carbocycles. The number of sulfonamides is 1. The molecule has 14 heteroatoms. The van der Waals surface area contributed by atoms with Crippen LogP contribution in [0.5, 0.6) is 0 Å². The number of likely N-dealkylation sites (tertiary alicyclic amines) is 1. The lowest BCUT2D eigenvalue weighted by Gasteiger charge is -2.40. The van der Waals surface area contributed by atoms with Crippen LogP contribution in [0.3, 0.4) is 0 Å². The van der Waals surface area contributed by atoms with Crippen molar-refractivity contribution in [1.29, 1.82) is 0 Å². The lowest BCUT2D eigenvalue weighted by molar-refractivity contribution is -0.143. The van der Waals surface area contributed by atoms with Crippen LogP contribution in [-0.4, -0.2) is 90.9 Å². The van der Waals surface area contributed by atoms with Crippen LogP contribution in [0.2, 0.25) is 0 Å². The van der Waals surface area contributed by atoms with Crippen molar-refractivity contribution < 1.29 is 32.4 Å². The molecule has 260 valence electrons. The number of rotatable bonds is 15. The van der Waals surface area contributed by atoms with Crippen LogP contribution in [0.15, 0.2) is 0 Å². The zero-order valence-corrected chi connectivity index (χ0v) is 28.7. The van der Waals surface area contributed by atoms with Crippen molar-refractivity contribution in [3.63, 3.8) is 0 Å². The predicted octanol–water partition coefficient (Wildman–Crippen LogP) is 2.00. The predicted molar refractivity (Wildman–Crippen MR) is 173 cm³/mol. The number of unbranched alkanes of at least 4 members (excludes halogenated alkanes) is 1. The van der Waals surface area contributed by atoms with Crippen LogP contribution >= 0.6 is 0 Å². The third-order valence-corrected chi connectivity index (χ3v) is 11.0. The van der Waals surface area contributed by atoms with Gasteiger partial charge >= 0.3 is 6.03 Å². The number of carbonyl (C=O) groups excluding carboxylic acids is 5. The second-order valence-corrected chi connectivity index (χ2v) is 16.6. The molecule has 0 aromatic heterocycles. The molecule has 0 aromatic carbocycles. The summed E-state index contributed by atoms with van der Waals surface area (Å²) in [5, 5.41) is 11.3. The van der Waals surface area contributed by atoms with Crippen LogP contribution in [0.4, 0.5) is 4.79 Å². The van der Waals surface area contributed by atoms with E-state index in [0.717, 1.165) is 51.4 Å². The number of nitrogens with one attached hydrogen (secondary N) is 5. The maximum Gasteiger partial charge on any atom is 0.315 e. The topological polar surface area (TPSA) is 183 Å². The monoisotopic (exact) mass is 666 g/mol. The molecule has 0 bridgehead atoms. The average Bonchev–Trinajstić information content (AvgIpc) is 3.91. The van der Waals surface area contributed by atoms with E-state index in [4.69, 9.17) is 0 Å². The average molecular weight is 667 g/mol. The minimum Gasteiger partial charge on any atom is -0.347 e. The van der Waals surface area contributed by atoms with Gasteiger partial charge in [0.2, 0.25) is 27.6 Å². The summed E-state index contributed by atoms with van der Waals surface area (Å²) in [7, 11) is -3.62. The molecule has 1 unspecified atom stereocenters. The van der Waals surface area contributed by atoms with Gasteiger partial charge in [0.25, 0.3) is 5.91 Å². The normalized spacial score (nSPS) is 22.8. The van der Waals surface area contributed by atoms with Gasteiger partial charge in [-0.25, -0.2) is 17.9 Å². The van der Waals surface area contributed by atoms with Gasteiger partial charge in [0.15, 0.2) is 0 Å². The zero-order chi connectivity index (χ0) is 33.7. The van der Waals surface area contributed by atoms with Crippen molar-refractivity contribution in [3.8, 4) is 0 Å². The summed E-state index contributed by atoms with van der Waals surface area (Å²) in [4.78, 5) is 68.1. The number of amides is 5. The van der Waals surface area contributed by atoms with Crippen molar-refractivity contribution in [3.05, 3.63) is 0 Å². The largest absolute Gasteiger partial charge is 0.347 e. The number of hydrogen-bond acceptors (Lipinski definition) is 7. The van der Waals surface area contributed by atoms with Crippen LogP contribution in [0, 0.1) is 5.41 Å². The highest BCUT2D eigenvalue weighted by atomic mass is 32.2. The van der Waals surface area contributed by atoms with E-state index in [9.17, 15) is 32.4 Å². The van der Waals surface area contributed by atoms with E-state index < -0.39 is 68.6 Å². The summed E-state index contributed by atoms with van der Waals surface area (Å²) in [5.41, 5.74) is -1.69. The SMILES string of the molecule is CCCCC(NC(=O)[C@@H]1CCCN1C(=O)[C@@H](NC(=O)NC1(CS(=O)(=O)NC2CC2)CCCCC1)C(C)(C)C)C(=O)C(=O)NC1CC1. The minimum absolute atomic E-state index is 0.0118. The van der Waals surface area contributed by atoms with Gasteiger partial charge in [-0.1, -0.05) is 59.8 Å². The van der Waals surface area contributed by atoms with E-state index in [0.29, 0.717) is 45.1 Å². The Bertz CT molecular complexity index is 1250. The van der Waals surface area contributed by atoms with Gasteiger partial charge in [-0.2, -0.15) is 0 Å². The first kappa shape index (κ1) is 36.1. The number of ketones is 1. The Morgan fingerprint density at radius 3 is 2.13 bits per heavy atom. The second-order valence-electron chi connectivity index (χ2n) is 14.9. The molecule has 0 spiro atoms. The van der Waals surface area contributed by atoms with Gasteiger partial charge in [-0.05, 0) is 63.2 Å². The van der Waals surface area contributed by atoms with Crippen LogP contribution in [-0.2, 0) is 29.2 Å². The second kappa shape index (κ2) is 15.0. The summed E-state index contributed by atoms with van der Waals surface area (Å²) in [5.74, 6) is -2.52.